The number of halogens is 5. The van der Waals surface area contributed by atoms with E-state index in [4.69, 9.17) is 0 Å². The summed E-state index contributed by atoms with van der Waals surface area (Å²) < 4.78 is 55.1. The fourth-order valence-corrected chi connectivity index (χ4v) is 3.57. The number of alkyl halides is 3. The van der Waals surface area contributed by atoms with E-state index < -0.39 is 29.0 Å². The molecule has 0 saturated carbocycles. The third-order valence-electron chi connectivity index (χ3n) is 3.94. The number of rotatable bonds is 4. The van der Waals surface area contributed by atoms with Crippen LogP contribution in [0.5, 0.6) is 0 Å². The number of aromatic nitrogens is 2. The Hall–Kier alpha value is -2.26. The first-order valence-corrected chi connectivity index (χ1v) is 9.02. The van der Waals surface area contributed by atoms with Gasteiger partial charge in [-0.25, -0.2) is 4.39 Å². The number of fused-ring (bicyclic) bond motifs is 1. The summed E-state index contributed by atoms with van der Waals surface area (Å²) in [6.45, 7) is 2.58. The zero-order valence-corrected chi connectivity index (χ0v) is 16.3. The van der Waals surface area contributed by atoms with E-state index in [-0.39, 0.29) is 12.4 Å². The SMILES string of the molecule is CCCCn1c(=NC(=O)c2cc(C(F)(F)F)ccc2F)sc2ccncc21.Cl. The van der Waals surface area contributed by atoms with Crippen molar-refractivity contribution in [3.8, 4) is 0 Å². The largest absolute Gasteiger partial charge is 0.416 e. The first-order chi connectivity index (χ1) is 12.8. The first-order valence-electron chi connectivity index (χ1n) is 8.20. The van der Waals surface area contributed by atoms with Gasteiger partial charge in [-0.1, -0.05) is 24.7 Å². The molecule has 0 atom stereocenters. The molecular weight excluding hydrogens is 418 g/mol. The fourth-order valence-electron chi connectivity index (χ4n) is 2.55. The third-order valence-corrected chi connectivity index (χ3v) is 5.00. The zero-order chi connectivity index (χ0) is 19.6. The van der Waals surface area contributed by atoms with Crippen LogP contribution in [0.25, 0.3) is 10.2 Å². The van der Waals surface area contributed by atoms with E-state index in [1.54, 1.807) is 23.0 Å². The molecule has 3 rings (SSSR count). The van der Waals surface area contributed by atoms with Crippen LogP contribution in [-0.2, 0) is 12.7 Å². The summed E-state index contributed by atoms with van der Waals surface area (Å²) in [4.78, 5) is 20.7. The standard InChI is InChI=1S/C18H15F4N3OS.ClH/c1-2-3-8-25-14-10-23-7-6-15(14)27-17(25)24-16(26)12-9-11(18(20,21)22)4-5-13(12)19;/h4-7,9-10H,2-3,8H2,1H3;1H. The average molecular weight is 434 g/mol. The Morgan fingerprint density at radius 2 is 2.04 bits per heavy atom. The molecule has 0 aliphatic rings. The maximum absolute atomic E-state index is 14.0. The molecular formula is C18H16ClF4N3OS. The van der Waals surface area contributed by atoms with E-state index in [0.717, 1.165) is 23.1 Å². The van der Waals surface area contributed by atoms with E-state index in [9.17, 15) is 22.4 Å². The Bertz CT molecular complexity index is 1060. The lowest BCUT2D eigenvalue weighted by Gasteiger charge is -2.08. The van der Waals surface area contributed by atoms with Gasteiger partial charge in [-0.3, -0.25) is 9.78 Å². The van der Waals surface area contributed by atoms with Crippen molar-refractivity contribution in [3.63, 3.8) is 0 Å². The summed E-state index contributed by atoms with van der Waals surface area (Å²) in [5.74, 6) is -2.09. The van der Waals surface area contributed by atoms with Crippen molar-refractivity contribution in [1.29, 1.82) is 0 Å². The Morgan fingerprint density at radius 1 is 1.29 bits per heavy atom. The lowest BCUT2D eigenvalue weighted by Crippen LogP contribution is -2.18. The van der Waals surface area contributed by atoms with Crippen LogP contribution in [0, 0.1) is 5.82 Å². The third kappa shape index (κ3) is 4.59. The van der Waals surface area contributed by atoms with Gasteiger partial charge in [0.05, 0.1) is 27.5 Å². The van der Waals surface area contributed by atoms with Crippen LogP contribution in [0.4, 0.5) is 17.6 Å². The topological polar surface area (TPSA) is 47.2 Å². The molecule has 3 aromatic rings. The fraction of sp³-hybridized carbons (Fsp3) is 0.278. The number of thiazole rings is 1. The van der Waals surface area contributed by atoms with Gasteiger partial charge < -0.3 is 4.57 Å². The van der Waals surface area contributed by atoms with Crippen LogP contribution in [0.2, 0.25) is 0 Å². The second-order valence-corrected chi connectivity index (χ2v) is 6.85. The van der Waals surface area contributed by atoms with Crippen molar-refractivity contribution in [2.24, 2.45) is 4.99 Å². The summed E-state index contributed by atoms with van der Waals surface area (Å²) in [6, 6.07) is 3.48. The lowest BCUT2D eigenvalue weighted by atomic mass is 10.1. The number of benzene rings is 1. The average Bonchev–Trinajstić information content (AvgIpc) is 2.96. The smallest absolute Gasteiger partial charge is 0.315 e. The second-order valence-electron chi connectivity index (χ2n) is 5.84. The van der Waals surface area contributed by atoms with E-state index in [1.165, 1.54) is 11.3 Å². The molecule has 10 heteroatoms. The van der Waals surface area contributed by atoms with Crippen LogP contribution in [0.15, 0.2) is 41.7 Å². The van der Waals surface area contributed by atoms with Crippen LogP contribution in [-0.4, -0.2) is 15.5 Å². The number of aryl methyl sites for hydroxylation is 1. The summed E-state index contributed by atoms with van der Waals surface area (Å²) >= 11 is 1.20. The monoisotopic (exact) mass is 433 g/mol. The van der Waals surface area contributed by atoms with Crippen LogP contribution >= 0.6 is 23.7 Å². The maximum atomic E-state index is 14.0. The number of hydrogen-bond acceptors (Lipinski definition) is 3. The highest BCUT2D eigenvalue weighted by molar-refractivity contribution is 7.16. The highest BCUT2D eigenvalue weighted by Crippen LogP contribution is 2.30. The second kappa shape index (κ2) is 8.83. The van der Waals surface area contributed by atoms with Gasteiger partial charge in [-0.2, -0.15) is 18.2 Å². The van der Waals surface area contributed by atoms with Crippen molar-refractivity contribution in [3.05, 3.63) is 58.4 Å². The lowest BCUT2D eigenvalue weighted by molar-refractivity contribution is -0.137. The number of carbonyl (C=O) groups is 1. The maximum Gasteiger partial charge on any atom is 0.416 e. The molecule has 0 aliphatic heterocycles. The zero-order valence-electron chi connectivity index (χ0n) is 14.7. The van der Waals surface area contributed by atoms with Gasteiger partial charge in [-0.05, 0) is 30.7 Å². The highest BCUT2D eigenvalue weighted by Gasteiger charge is 2.32. The molecule has 1 aromatic carbocycles. The molecule has 0 bridgehead atoms. The number of nitrogens with zero attached hydrogens (tertiary/aromatic N) is 3. The Kier molecular flexibility index (Phi) is 6.95. The number of unbranched alkanes of at least 4 members (excludes halogenated alkanes) is 1. The molecule has 0 saturated heterocycles. The summed E-state index contributed by atoms with van der Waals surface area (Å²) in [7, 11) is 0. The van der Waals surface area contributed by atoms with Crippen molar-refractivity contribution >= 4 is 39.9 Å². The van der Waals surface area contributed by atoms with Gasteiger partial charge in [0.15, 0.2) is 4.80 Å². The molecule has 2 aromatic heterocycles. The molecule has 150 valence electrons. The van der Waals surface area contributed by atoms with Crippen LogP contribution < -0.4 is 4.80 Å². The molecule has 0 spiro atoms. The van der Waals surface area contributed by atoms with Crippen LogP contribution in [0.3, 0.4) is 0 Å². The van der Waals surface area contributed by atoms with Gasteiger partial charge in [-0.15, -0.1) is 12.4 Å². The van der Waals surface area contributed by atoms with E-state index >= 15 is 0 Å². The quantitative estimate of drug-likeness (QED) is 0.530. The molecule has 0 radical (unpaired) electrons. The van der Waals surface area contributed by atoms with E-state index in [2.05, 4.69) is 9.98 Å². The van der Waals surface area contributed by atoms with E-state index in [0.29, 0.717) is 29.5 Å². The van der Waals surface area contributed by atoms with Gasteiger partial charge in [0, 0.05) is 12.7 Å². The van der Waals surface area contributed by atoms with Crippen molar-refractivity contribution in [1.82, 2.24) is 9.55 Å². The predicted molar refractivity (Wildman–Crippen MR) is 101 cm³/mol. The van der Waals surface area contributed by atoms with Crippen molar-refractivity contribution in [2.75, 3.05) is 0 Å². The number of carbonyl (C=O) groups excluding carboxylic acids is 1. The van der Waals surface area contributed by atoms with Gasteiger partial charge in [0.25, 0.3) is 5.91 Å². The normalized spacial score (nSPS) is 12.2. The summed E-state index contributed by atoms with van der Waals surface area (Å²) in [5, 5.41) is 0. The first kappa shape index (κ1) is 22.0. The van der Waals surface area contributed by atoms with Crippen molar-refractivity contribution < 1.29 is 22.4 Å². The number of hydrogen-bond donors (Lipinski definition) is 0. The number of amides is 1. The van der Waals surface area contributed by atoms with E-state index in [1.807, 2.05) is 6.92 Å². The van der Waals surface area contributed by atoms with Crippen molar-refractivity contribution in [2.45, 2.75) is 32.5 Å². The molecule has 4 nitrogen and oxygen atoms in total. The molecule has 28 heavy (non-hydrogen) atoms. The minimum Gasteiger partial charge on any atom is -0.315 e. The summed E-state index contributed by atoms with van der Waals surface area (Å²) in [6.07, 6.45) is 0.282. The molecule has 1 amide bonds. The molecule has 0 aliphatic carbocycles. The van der Waals surface area contributed by atoms with Crippen LogP contribution in [0.1, 0.15) is 35.7 Å². The Labute approximate surface area is 168 Å². The molecule has 2 heterocycles. The molecule has 0 unspecified atom stereocenters. The van der Waals surface area contributed by atoms with Gasteiger partial charge in [0.1, 0.15) is 5.82 Å². The van der Waals surface area contributed by atoms with Gasteiger partial charge >= 0.3 is 6.18 Å². The minimum absolute atomic E-state index is 0. The predicted octanol–water partition coefficient (Wildman–Crippen LogP) is 5.22. The summed E-state index contributed by atoms with van der Waals surface area (Å²) in [5.41, 5.74) is -1.03. The minimum atomic E-state index is -4.67. The number of pyridine rings is 1. The van der Waals surface area contributed by atoms with Gasteiger partial charge in [0.2, 0.25) is 0 Å². The molecule has 0 fully saturated rings. The highest BCUT2D eigenvalue weighted by atomic mass is 35.5. The Balaban J connectivity index is 0.00000280. The Morgan fingerprint density at radius 3 is 2.71 bits per heavy atom. The molecule has 0 N–H and O–H groups in total.